The SMILES string of the molecule is C=C(/C=C(I)\C=C(/C)c1ccccc1)c1ccccc1. The number of hydrogen-bond acceptors (Lipinski definition) is 0. The van der Waals surface area contributed by atoms with E-state index in [0.717, 1.165) is 11.1 Å². The van der Waals surface area contributed by atoms with Crippen molar-refractivity contribution in [2.24, 2.45) is 0 Å². The van der Waals surface area contributed by atoms with Crippen molar-refractivity contribution >= 4 is 33.7 Å². The van der Waals surface area contributed by atoms with Crippen molar-refractivity contribution in [2.75, 3.05) is 0 Å². The first-order valence-corrected chi connectivity index (χ1v) is 7.60. The van der Waals surface area contributed by atoms with E-state index >= 15 is 0 Å². The van der Waals surface area contributed by atoms with Gasteiger partial charge in [-0.05, 0) is 63.9 Å². The van der Waals surface area contributed by atoms with Crippen molar-refractivity contribution in [3.05, 3.63) is 94.1 Å². The van der Waals surface area contributed by atoms with E-state index < -0.39 is 0 Å². The first-order valence-electron chi connectivity index (χ1n) is 6.52. The van der Waals surface area contributed by atoms with Crippen LogP contribution in [0.1, 0.15) is 18.1 Å². The van der Waals surface area contributed by atoms with Gasteiger partial charge in [0.05, 0.1) is 0 Å². The highest BCUT2D eigenvalue weighted by molar-refractivity contribution is 14.1. The fraction of sp³-hybridized carbons (Fsp3) is 0.0526. The Kier molecular flexibility index (Phi) is 5.36. The molecular weight excluding hydrogens is 355 g/mol. The molecule has 0 atom stereocenters. The third-order valence-electron chi connectivity index (χ3n) is 3.04. The Labute approximate surface area is 134 Å². The molecule has 0 amide bonds. The lowest BCUT2D eigenvalue weighted by molar-refractivity contribution is 1.56. The summed E-state index contributed by atoms with van der Waals surface area (Å²) in [4.78, 5) is 0. The van der Waals surface area contributed by atoms with Crippen molar-refractivity contribution < 1.29 is 0 Å². The van der Waals surface area contributed by atoms with E-state index in [2.05, 4.69) is 84.6 Å². The lowest BCUT2D eigenvalue weighted by Crippen LogP contribution is -1.80. The van der Waals surface area contributed by atoms with Crippen molar-refractivity contribution in [1.82, 2.24) is 0 Å². The van der Waals surface area contributed by atoms with Gasteiger partial charge >= 0.3 is 0 Å². The highest BCUT2D eigenvalue weighted by Crippen LogP contribution is 2.22. The molecule has 2 rings (SSSR count). The third-order valence-corrected chi connectivity index (χ3v) is 3.66. The van der Waals surface area contributed by atoms with Crippen LogP contribution in [0.25, 0.3) is 11.1 Å². The highest BCUT2D eigenvalue weighted by atomic mass is 127. The van der Waals surface area contributed by atoms with Gasteiger partial charge in [0.1, 0.15) is 0 Å². The van der Waals surface area contributed by atoms with Crippen LogP contribution in [0, 0.1) is 0 Å². The summed E-state index contributed by atoms with van der Waals surface area (Å²) in [5.74, 6) is 0. The average molecular weight is 372 g/mol. The molecule has 0 nitrogen and oxygen atoms in total. The topological polar surface area (TPSA) is 0 Å². The Balaban J connectivity index is 2.17. The number of benzene rings is 2. The van der Waals surface area contributed by atoms with Gasteiger partial charge in [-0.15, -0.1) is 0 Å². The summed E-state index contributed by atoms with van der Waals surface area (Å²) in [5.41, 5.74) is 4.70. The predicted octanol–water partition coefficient (Wildman–Crippen LogP) is 6.12. The van der Waals surface area contributed by atoms with E-state index in [1.165, 1.54) is 14.7 Å². The van der Waals surface area contributed by atoms with Crippen LogP contribution in [-0.4, -0.2) is 0 Å². The Morgan fingerprint density at radius 3 is 1.90 bits per heavy atom. The minimum absolute atomic E-state index is 1.03. The number of rotatable bonds is 4. The molecule has 0 N–H and O–H groups in total. The van der Waals surface area contributed by atoms with Crippen LogP contribution in [0.4, 0.5) is 0 Å². The maximum atomic E-state index is 4.13. The minimum atomic E-state index is 1.03. The molecule has 0 saturated carbocycles. The zero-order chi connectivity index (χ0) is 14.4. The molecule has 0 bridgehead atoms. The summed E-state index contributed by atoms with van der Waals surface area (Å²) < 4.78 is 1.18. The smallest absolute Gasteiger partial charge is 0.0139 e. The second kappa shape index (κ2) is 7.25. The molecule has 0 aliphatic heterocycles. The Hall–Kier alpha value is -1.61. The van der Waals surface area contributed by atoms with Gasteiger partial charge in [0.15, 0.2) is 0 Å². The van der Waals surface area contributed by atoms with E-state index in [0.29, 0.717) is 0 Å². The zero-order valence-corrected chi connectivity index (χ0v) is 13.7. The van der Waals surface area contributed by atoms with Crippen molar-refractivity contribution in [3.63, 3.8) is 0 Å². The summed E-state index contributed by atoms with van der Waals surface area (Å²) in [6.45, 7) is 6.27. The van der Waals surface area contributed by atoms with Crippen LogP contribution in [0.2, 0.25) is 0 Å². The molecule has 0 aliphatic carbocycles. The molecule has 0 heterocycles. The number of halogens is 1. The largest absolute Gasteiger partial charge is 0.0911 e. The van der Waals surface area contributed by atoms with Crippen LogP contribution in [0.15, 0.2) is 83.0 Å². The summed E-state index contributed by atoms with van der Waals surface area (Å²) in [6.07, 6.45) is 4.30. The molecule has 0 aliphatic rings. The number of hydrogen-bond donors (Lipinski definition) is 0. The fourth-order valence-corrected chi connectivity index (χ4v) is 2.78. The standard InChI is InChI=1S/C19H17I/c1-15(17-9-5-3-6-10-17)13-19(20)14-16(2)18-11-7-4-8-12-18/h3-14H,1H2,2H3/b16-14+,19-13+. The molecule has 0 aromatic heterocycles. The van der Waals surface area contributed by atoms with Gasteiger partial charge < -0.3 is 0 Å². The highest BCUT2D eigenvalue weighted by Gasteiger charge is 1.98. The summed E-state index contributed by atoms with van der Waals surface area (Å²) in [6, 6.07) is 20.7. The van der Waals surface area contributed by atoms with Gasteiger partial charge in [-0.2, -0.15) is 0 Å². The van der Waals surface area contributed by atoms with Crippen LogP contribution >= 0.6 is 22.6 Å². The van der Waals surface area contributed by atoms with E-state index in [9.17, 15) is 0 Å². The third kappa shape index (κ3) is 4.20. The van der Waals surface area contributed by atoms with Crippen LogP contribution < -0.4 is 0 Å². The molecule has 0 unspecified atom stereocenters. The monoisotopic (exact) mass is 372 g/mol. The second-order valence-corrected chi connectivity index (χ2v) is 5.86. The van der Waals surface area contributed by atoms with Gasteiger partial charge in [0.2, 0.25) is 0 Å². The van der Waals surface area contributed by atoms with Gasteiger partial charge in [0.25, 0.3) is 0 Å². The van der Waals surface area contributed by atoms with Gasteiger partial charge in [-0.1, -0.05) is 67.2 Å². The van der Waals surface area contributed by atoms with E-state index in [-0.39, 0.29) is 0 Å². The molecule has 0 saturated heterocycles. The van der Waals surface area contributed by atoms with Crippen LogP contribution in [0.5, 0.6) is 0 Å². The normalized spacial score (nSPS) is 12.3. The van der Waals surface area contributed by atoms with E-state index in [4.69, 9.17) is 0 Å². The molecule has 2 aromatic rings. The van der Waals surface area contributed by atoms with Gasteiger partial charge in [-0.3, -0.25) is 0 Å². The molecule has 20 heavy (non-hydrogen) atoms. The van der Waals surface area contributed by atoms with Crippen molar-refractivity contribution in [2.45, 2.75) is 6.92 Å². The van der Waals surface area contributed by atoms with Crippen molar-refractivity contribution in [1.29, 1.82) is 0 Å². The lowest BCUT2D eigenvalue weighted by Gasteiger charge is -2.03. The molecule has 0 fully saturated rings. The molecule has 1 heteroatoms. The lowest BCUT2D eigenvalue weighted by atomic mass is 10.1. The Bertz CT molecular complexity index is 634. The molecule has 100 valence electrons. The minimum Gasteiger partial charge on any atom is -0.0911 e. The Morgan fingerprint density at radius 2 is 1.35 bits per heavy atom. The van der Waals surface area contributed by atoms with Crippen molar-refractivity contribution in [3.8, 4) is 0 Å². The first kappa shape index (κ1) is 14.8. The van der Waals surface area contributed by atoms with Crippen LogP contribution in [0.3, 0.4) is 0 Å². The fourth-order valence-electron chi connectivity index (χ4n) is 1.93. The van der Waals surface area contributed by atoms with Crippen LogP contribution in [-0.2, 0) is 0 Å². The predicted molar refractivity (Wildman–Crippen MR) is 97.7 cm³/mol. The van der Waals surface area contributed by atoms with Gasteiger partial charge in [-0.25, -0.2) is 0 Å². The molecule has 0 radical (unpaired) electrons. The molecular formula is C19H17I. The first-order chi connectivity index (χ1) is 9.66. The van der Waals surface area contributed by atoms with Gasteiger partial charge in [0, 0.05) is 3.58 Å². The maximum Gasteiger partial charge on any atom is 0.0139 e. The molecule has 0 spiro atoms. The number of allylic oxidation sites excluding steroid dienone is 5. The maximum absolute atomic E-state index is 4.13. The van der Waals surface area contributed by atoms with E-state index in [1.54, 1.807) is 0 Å². The summed E-state index contributed by atoms with van der Waals surface area (Å²) >= 11 is 2.35. The van der Waals surface area contributed by atoms with E-state index in [1.807, 2.05) is 24.3 Å². The zero-order valence-electron chi connectivity index (χ0n) is 11.5. The quantitative estimate of drug-likeness (QED) is 0.448. The summed E-state index contributed by atoms with van der Waals surface area (Å²) in [5, 5.41) is 0. The molecule has 2 aromatic carbocycles. The average Bonchev–Trinajstić information content (AvgIpc) is 2.49. The second-order valence-electron chi connectivity index (χ2n) is 4.61. The summed E-state index contributed by atoms with van der Waals surface area (Å²) in [7, 11) is 0. The Morgan fingerprint density at radius 1 is 0.850 bits per heavy atom.